The molecule has 0 fully saturated rings. The predicted octanol–water partition coefficient (Wildman–Crippen LogP) is 4.08. The molecule has 0 radical (unpaired) electrons. The van der Waals surface area contributed by atoms with Crippen LogP contribution in [0, 0.1) is 5.82 Å². The molecule has 0 aliphatic heterocycles. The van der Waals surface area contributed by atoms with Crippen molar-refractivity contribution in [2.24, 2.45) is 5.73 Å². The molecule has 2 N–H and O–H groups in total. The van der Waals surface area contributed by atoms with Gasteiger partial charge in [0.05, 0.1) is 6.26 Å². The average molecular weight is 319 g/mol. The molecule has 5 heteroatoms. The largest absolute Gasteiger partial charge is 0.457 e. The molecule has 2 rings (SSSR count). The van der Waals surface area contributed by atoms with Crippen molar-refractivity contribution in [3.8, 4) is 0 Å². The normalized spacial score (nSPS) is 12.7. The predicted molar refractivity (Wildman–Crippen MR) is 68.5 cm³/mol. The monoisotopic (exact) mass is 317 g/mol. The fourth-order valence-corrected chi connectivity index (χ4v) is 2.38. The Balaban J connectivity index is 2.19. The van der Waals surface area contributed by atoms with Gasteiger partial charge in [0.2, 0.25) is 0 Å². The van der Waals surface area contributed by atoms with Gasteiger partial charge in [-0.05, 0) is 46.1 Å². The molecule has 0 spiro atoms. The Bertz CT molecular complexity index is 529. The number of nitrogens with two attached hydrogens (primary N) is 1. The first-order chi connectivity index (χ1) is 8.08. The van der Waals surface area contributed by atoms with E-state index in [1.807, 2.05) is 0 Å². The van der Waals surface area contributed by atoms with E-state index in [0.717, 1.165) is 11.1 Å². The quantitative estimate of drug-likeness (QED) is 0.926. The average Bonchev–Trinajstić information content (AvgIpc) is 2.68. The summed E-state index contributed by atoms with van der Waals surface area (Å²) in [5, 5.41) is 0.389. The number of furan rings is 1. The molecule has 1 unspecified atom stereocenters. The van der Waals surface area contributed by atoms with Crippen LogP contribution in [0.4, 0.5) is 4.39 Å². The molecule has 1 atom stereocenters. The van der Waals surface area contributed by atoms with Crippen LogP contribution in [0.2, 0.25) is 5.02 Å². The third-order valence-corrected chi connectivity index (χ3v) is 3.50. The second-order valence-electron chi connectivity index (χ2n) is 3.70. The standard InChI is InChI=1S/C12H10BrClFNO/c13-12-9(3-4-17-12)11(16)5-7-1-2-8(15)6-10(7)14/h1-4,6,11H,5,16H2. The van der Waals surface area contributed by atoms with E-state index in [9.17, 15) is 4.39 Å². The first-order valence-electron chi connectivity index (χ1n) is 5.00. The van der Waals surface area contributed by atoms with Crippen molar-refractivity contribution >= 4 is 27.5 Å². The van der Waals surface area contributed by atoms with Crippen LogP contribution in [-0.4, -0.2) is 0 Å². The van der Waals surface area contributed by atoms with Crippen molar-refractivity contribution in [1.29, 1.82) is 0 Å². The molecule has 0 aliphatic carbocycles. The van der Waals surface area contributed by atoms with Crippen molar-refractivity contribution in [3.63, 3.8) is 0 Å². The van der Waals surface area contributed by atoms with Crippen molar-refractivity contribution < 1.29 is 8.81 Å². The minimum absolute atomic E-state index is 0.244. The third kappa shape index (κ3) is 2.89. The maximum Gasteiger partial charge on any atom is 0.173 e. The lowest BCUT2D eigenvalue weighted by Crippen LogP contribution is -2.13. The van der Waals surface area contributed by atoms with E-state index >= 15 is 0 Å². The Morgan fingerprint density at radius 1 is 1.41 bits per heavy atom. The van der Waals surface area contributed by atoms with Crippen LogP contribution in [0.25, 0.3) is 0 Å². The Morgan fingerprint density at radius 3 is 2.76 bits per heavy atom. The molecule has 0 aliphatic rings. The highest BCUT2D eigenvalue weighted by Crippen LogP contribution is 2.27. The maximum absolute atomic E-state index is 12.9. The van der Waals surface area contributed by atoms with Crippen LogP contribution < -0.4 is 5.73 Å². The van der Waals surface area contributed by atoms with E-state index in [0.29, 0.717) is 16.1 Å². The van der Waals surface area contributed by atoms with E-state index in [1.165, 1.54) is 12.1 Å². The zero-order valence-electron chi connectivity index (χ0n) is 8.79. The molecule has 90 valence electrons. The summed E-state index contributed by atoms with van der Waals surface area (Å²) in [6.45, 7) is 0. The third-order valence-electron chi connectivity index (χ3n) is 2.50. The fourth-order valence-electron chi connectivity index (χ4n) is 1.60. The van der Waals surface area contributed by atoms with Gasteiger partial charge in [0, 0.05) is 16.6 Å². The van der Waals surface area contributed by atoms with Crippen LogP contribution >= 0.6 is 27.5 Å². The summed E-state index contributed by atoms with van der Waals surface area (Å²) in [5.74, 6) is -0.350. The Labute approximate surface area is 112 Å². The SMILES string of the molecule is NC(Cc1ccc(F)cc1Cl)c1ccoc1Br. The van der Waals surface area contributed by atoms with Gasteiger partial charge in [0.1, 0.15) is 5.82 Å². The van der Waals surface area contributed by atoms with Gasteiger partial charge in [-0.1, -0.05) is 17.7 Å². The van der Waals surface area contributed by atoms with Gasteiger partial charge in [0.15, 0.2) is 4.67 Å². The van der Waals surface area contributed by atoms with E-state index in [2.05, 4.69) is 15.9 Å². The number of hydrogen-bond acceptors (Lipinski definition) is 2. The Hall–Kier alpha value is -0.840. The molecule has 0 bridgehead atoms. The minimum Gasteiger partial charge on any atom is -0.457 e. The molecule has 0 saturated carbocycles. The number of halogens is 3. The van der Waals surface area contributed by atoms with Gasteiger partial charge in [-0.3, -0.25) is 0 Å². The molecule has 0 amide bonds. The van der Waals surface area contributed by atoms with Gasteiger partial charge in [-0.25, -0.2) is 4.39 Å². The first-order valence-corrected chi connectivity index (χ1v) is 6.17. The van der Waals surface area contributed by atoms with Gasteiger partial charge < -0.3 is 10.2 Å². The highest BCUT2D eigenvalue weighted by molar-refractivity contribution is 9.10. The van der Waals surface area contributed by atoms with Gasteiger partial charge in [-0.2, -0.15) is 0 Å². The van der Waals surface area contributed by atoms with Gasteiger partial charge >= 0.3 is 0 Å². The summed E-state index contributed by atoms with van der Waals surface area (Å²) in [6.07, 6.45) is 2.09. The Kier molecular flexibility index (Phi) is 3.86. The molecule has 17 heavy (non-hydrogen) atoms. The van der Waals surface area contributed by atoms with Crippen LogP contribution in [0.15, 0.2) is 39.6 Å². The number of rotatable bonds is 3. The van der Waals surface area contributed by atoms with Gasteiger partial charge in [-0.15, -0.1) is 0 Å². The van der Waals surface area contributed by atoms with Crippen molar-refractivity contribution in [2.75, 3.05) is 0 Å². The molecular weight excluding hydrogens is 308 g/mol. The van der Waals surface area contributed by atoms with E-state index in [4.69, 9.17) is 21.8 Å². The van der Waals surface area contributed by atoms with E-state index in [-0.39, 0.29) is 11.9 Å². The van der Waals surface area contributed by atoms with Crippen molar-refractivity contribution in [1.82, 2.24) is 0 Å². The number of benzene rings is 1. The topological polar surface area (TPSA) is 39.2 Å². The second-order valence-corrected chi connectivity index (χ2v) is 4.82. The molecule has 1 heterocycles. The highest BCUT2D eigenvalue weighted by atomic mass is 79.9. The number of hydrogen-bond donors (Lipinski definition) is 1. The van der Waals surface area contributed by atoms with Crippen molar-refractivity contribution in [2.45, 2.75) is 12.5 Å². The summed E-state index contributed by atoms with van der Waals surface area (Å²) in [6, 6.07) is 5.86. The lowest BCUT2D eigenvalue weighted by molar-refractivity contribution is 0.531. The highest BCUT2D eigenvalue weighted by Gasteiger charge is 2.14. The Morgan fingerprint density at radius 2 is 2.18 bits per heavy atom. The van der Waals surface area contributed by atoms with E-state index in [1.54, 1.807) is 18.4 Å². The van der Waals surface area contributed by atoms with Gasteiger partial charge in [0.25, 0.3) is 0 Å². The fraction of sp³-hybridized carbons (Fsp3) is 0.167. The molecule has 2 aromatic rings. The maximum atomic E-state index is 12.9. The smallest absolute Gasteiger partial charge is 0.173 e. The van der Waals surface area contributed by atoms with Crippen LogP contribution in [0.5, 0.6) is 0 Å². The molecule has 1 aromatic heterocycles. The van der Waals surface area contributed by atoms with E-state index < -0.39 is 0 Å². The summed E-state index contributed by atoms with van der Waals surface area (Å²) in [5.41, 5.74) is 7.72. The molecule has 1 aromatic carbocycles. The second kappa shape index (κ2) is 5.21. The minimum atomic E-state index is -0.350. The molecular formula is C12H10BrClFNO. The van der Waals surface area contributed by atoms with Crippen LogP contribution in [0.3, 0.4) is 0 Å². The summed E-state index contributed by atoms with van der Waals surface area (Å²) in [4.78, 5) is 0. The first kappa shape index (κ1) is 12.6. The van der Waals surface area contributed by atoms with Crippen LogP contribution in [-0.2, 0) is 6.42 Å². The summed E-state index contributed by atoms with van der Waals surface area (Å²) in [7, 11) is 0. The molecule has 2 nitrogen and oxygen atoms in total. The van der Waals surface area contributed by atoms with Crippen molar-refractivity contribution in [3.05, 3.63) is 57.2 Å². The molecule has 0 saturated heterocycles. The zero-order valence-corrected chi connectivity index (χ0v) is 11.1. The zero-order chi connectivity index (χ0) is 12.4. The van der Waals surface area contributed by atoms with Crippen LogP contribution in [0.1, 0.15) is 17.2 Å². The summed E-state index contributed by atoms with van der Waals surface area (Å²) < 4.78 is 18.6. The lowest BCUT2D eigenvalue weighted by Gasteiger charge is -2.11. The lowest BCUT2D eigenvalue weighted by atomic mass is 10.0. The summed E-state index contributed by atoms with van der Waals surface area (Å²) >= 11 is 9.21.